The first-order valence-electron chi connectivity index (χ1n) is 14.2. The summed E-state index contributed by atoms with van der Waals surface area (Å²) in [5.74, 6) is 0.764. The van der Waals surface area contributed by atoms with E-state index in [9.17, 15) is 9.59 Å². The van der Waals surface area contributed by atoms with Gasteiger partial charge in [-0.25, -0.2) is 19.6 Å². The number of aromatic amines is 1. The van der Waals surface area contributed by atoms with Crippen LogP contribution in [0.15, 0.2) is 23.1 Å². The summed E-state index contributed by atoms with van der Waals surface area (Å²) in [6.45, 7) is 12.7. The van der Waals surface area contributed by atoms with Crippen molar-refractivity contribution in [3.05, 3.63) is 45.9 Å². The Labute approximate surface area is 245 Å². The van der Waals surface area contributed by atoms with Crippen LogP contribution >= 0.6 is 0 Å². The second kappa shape index (κ2) is 16.8. The standard InChI is InChI=1S/C28H44N8O6/c1-20-33-24(29)23-25(34-20)36(26(37)35-23)19-21-7-8-22(32-17-21)18-30-9-5-11-39-13-15-41-16-14-40-12-6-10-31-27(38)42-28(2,3)4/h7-8,17,30H,5-6,9-16,18-19H2,1-4H3,(H,31,38)(H,35,37)(H2,29,33,34). The van der Waals surface area contributed by atoms with E-state index in [1.807, 2.05) is 32.9 Å². The van der Waals surface area contributed by atoms with E-state index < -0.39 is 11.7 Å². The number of alkyl carbamates (subject to hydrolysis) is 1. The van der Waals surface area contributed by atoms with Crippen molar-refractivity contribution >= 4 is 23.1 Å². The number of anilines is 1. The van der Waals surface area contributed by atoms with Crippen molar-refractivity contribution < 1.29 is 23.7 Å². The van der Waals surface area contributed by atoms with Crippen molar-refractivity contribution in [2.75, 3.05) is 58.5 Å². The molecule has 1 amide bonds. The van der Waals surface area contributed by atoms with Crippen LogP contribution in [0.2, 0.25) is 0 Å². The quantitative estimate of drug-likeness (QED) is 0.159. The average molecular weight is 589 g/mol. The molecule has 0 bridgehead atoms. The minimum atomic E-state index is -0.496. The number of ether oxygens (including phenoxy) is 4. The molecule has 0 aliphatic rings. The third kappa shape index (κ3) is 11.7. The number of nitrogen functional groups attached to an aromatic ring is 1. The van der Waals surface area contributed by atoms with Crippen LogP contribution in [0.3, 0.4) is 0 Å². The maximum absolute atomic E-state index is 12.4. The van der Waals surface area contributed by atoms with E-state index in [1.54, 1.807) is 13.1 Å². The van der Waals surface area contributed by atoms with Crippen molar-refractivity contribution in [2.24, 2.45) is 0 Å². The predicted molar refractivity (Wildman–Crippen MR) is 158 cm³/mol. The van der Waals surface area contributed by atoms with Crippen molar-refractivity contribution in [3.8, 4) is 0 Å². The highest BCUT2D eigenvalue weighted by atomic mass is 16.6. The number of hydrogen-bond donors (Lipinski definition) is 4. The number of nitrogens with one attached hydrogen (secondary N) is 3. The van der Waals surface area contributed by atoms with Crippen molar-refractivity contribution in [2.45, 2.75) is 59.2 Å². The van der Waals surface area contributed by atoms with Gasteiger partial charge in [0.1, 0.15) is 16.9 Å². The van der Waals surface area contributed by atoms with Crippen LogP contribution in [0.5, 0.6) is 0 Å². The number of H-pyrrole nitrogens is 1. The highest BCUT2D eigenvalue weighted by Gasteiger charge is 2.15. The molecule has 42 heavy (non-hydrogen) atoms. The summed E-state index contributed by atoms with van der Waals surface area (Å²) < 4.78 is 23.3. The lowest BCUT2D eigenvalue weighted by Gasteiger charge is -2.19. The Morgan fingerprint density at radius 1 is 1.00 bits per heavy atom. The van der Waals surface area contributed by atoms with E-state index in [2.05, 4.69) is 30.6 Å². The molecule has 0 radical (unpaired) electrons. The van der Waals surface area contributed by atoms with Crippen molar-refractivity contribution in [1.29, 1.82) is 0 Å². The zero-order chi connectivity index (χ0) is 30.4. The molecule has 3 heterocycles. The zero-order valence-corrected chi connectivity index (χ0v) is 25.0. The van der Waals surface area contributed by atoms with Gasteiger partial charge in [-0.05, 0) is 58.7 Å². The van der Waals surface area contributed by atoms with E-state index in [4.69, 9.17) is 24.7 Å². The van der Waals surface area contributed by atoms with Gasteiger partial charge in [0.05, 0.1) is 38.7 Å². The van der Waals surface area contributed by atoms with E-state index in [1.165, 1.54) is 4.57 Å². The number of carbonyl (C=O) groups is 1. The average Bonchev–Trinajstić information content (AvgIpc) is 3.23. The molecule has 0 atom stereocenters. The van der Waals surface area contributed by atoms with Gasteiger partial charge in [-0.3, -0.25) is 9.55 Å². The summed E-state index contributed by atoms with van der Waals surface area (Å²) in [5.41, 5.74) is 7.85. The van der Waals surface area contributed by atoms with Crippen LogP contribution < -0.4 is 22.1 Å². The van der Waals surface area contributed by atoms with Gasteiger partial charge in [-0.15, -0.1) is 0 Å². The Balaban J connectivity index is 1.16. The molecule has 3 aromatic heterocycles. The van der Waals surface area contributed by atoms with Crippen LogP contribution in [0.25, 0.3) is 11.2 Å². The first kappa shape index (κ1) is 32.9. The Morgan fingerprint density at radius 2 is 1.67 bits per heavy atom. The van der Waals surface area contributed by atoms with Gasteiger partial charge in [0.2, 0.25) is 0 Å². The lowest BCUT2D eigenvalue weighted by atomic mass is 10.2. The molecule has 14 nitrogen and oxygen atoms in total. The lowest BCUT2D eigenvalue weighted by molar-refractivity contribution is 0.0136. The van der Waals surface area contributed by atoms with Crippen LogP contribution in [0.1, 0.15) is 50.7 Å². The molecular weight excluding hydrogens is 544 g/mol. The molecule has 0 aliphatic heterocycles. The fraction of sp³-hybridized carbons (Fsp3) is 0.607. The molecule has 0 saturated heterocycles. The molecule has 5 N–H and O–H groups in total. The van der Waals surface area contributed by atoms with Gasteiger partial charge in [0.15, 0.2) is 11.5 Å². The summed E-state index contributed by atoms with van der Waals surface area (Å²) in [7, 11) is 0. The number of fused-ring (bicyclic) bond motifs is 1. The summed E-state index contributed by atoms with van der Waals surface area (Å²) in [6, 6.07) is 3.89. The van der Waals surface area contributed by atoms with Crippen molar-refractivity contribution in [3.63, 3.8) is 0 Å². The SMILES string of the molecule is Cc1nc(N)c2[nH]c(=O)n(Cc3ccc(CNCCCOCCOCCOCCCNC(=O)OC(C)(C)C)nc3)c2n1. The summed E-state index contributed by atoms with van der Waals surface area (Å²) in [6.07, 6.45) is 2.92. The molecule has 0 unspecified atom stereocenters. The minimum absolute atomic E-state index is 0.257. The van der Waals surface area contributed by atoms with Crippen molar-refractivity contribution in [1.82, 2.24) is 35.1 Å². The van der Waals surface area contributed by atoms with E-state index in [-0.39, 0.29) is 11.5 Å². The monoisotopic (exact) mass is 588 g/mol. The fourth-order valence-electron chi connectivity index (χ4n) is 3.88. The van der Waals surface area contributed by atoms with Gasteiger partial charge in [0.25, 0.3) is 0 Å². The summed E-state index contributed by atoms with van der Waals surface area (Å²) >= 11 is 0. The van der Waals surface area contributed by atoms with Gasteiger partial charge >= 0.3 is 11.8 Å². The third-order valence-electron chi connectivity index (χ3n) is 5.82. The van der Waals surface area contributed by atoms with Crippen LogP contribution in [0, 0.1) is 6.92 Å². The minimum Gasteiger partial charge on any atom is -0.444 e. The van der Waals surface area contributed by atoms with Gasteiger partial charge in [-0.2, -0.15) is 0 Å². The highest BCUT2D eigenvalue weighted by molar-refractivity contribution is 5.81. The number of carbonyl (C=O) groups excluding carboxylic acids is 1. The number of aromatic nitrogens is 5. The number of nitrogens with two attached hydrogens (primary N) is 1. The first-order chi connectivity index (χ1) is 20.1. The molecule has 0 aliphatic carbocycles. The maximum Gasteiger partial charge on any atom is 0.407 e. The molecule has 3 aromatic rings. The maximum atomic E-state index is 12.4. The van der Waals surface area contributed by atoms with Gasteiger partial charge < -0.3 is 40.3 Å². The number of hydrogen-bond acceptors (Lipinski definition) is 11. The normalized spacial score (nSPS) is 11.7. The van der Waals surface area contributed by atoms with Gasteiger partial charge in [0, 0.05) is 32.5 Å². The number of rotatable bonds is 18. The number of imidazole rings is 1. The van der Waals surface area contributed by atoms with E-state index >= 15 is 0 Å². The Morgan fingerprint density at radius 3 is 2.31 bits per heavy atom. The number of nitrogens with zero attached hydrogens (tertiary/aromatic N) is 4. The molecule has 0 aromatic carbocycles. The molecule has 0 fully saturated rings. The molecule has 14 heteroatoms. The molecule has 0 saturated carbocycles. The second-order valence-electron chi connectivity index (χ2n) is 10.7. The number of aryl methyl sites for hydroxylation is 1. The Hall–Kier alpha value is -3.59. The van der Waals surface area contributed by atoms with E-state index in [0.29, 0.717) is 82.7 Å². The lowest BCUT2D eigenvalue weighted by Crippen LogP contribution is -2.33. The summed E-state index contributed by atoms with van der Waals surface area (Å²) in [4.78, 5) is 39.6. The van der Waals surface area contributed by atoms with Gasteiger partial charge in [-0.1, -0.05) is 6.07 Å². The second-order valence-corrected chi connectivity index (χ2v) is 10.7. The smallest absolute Gasteiger partial charge is 0.407 e. The third-order valence-corrected chi connectivity index (χ3v) is 5.82. The number of amides is 1. The van der Waals surface area contributed by atoms with Crippen LogP contribution in [-0.2, 0) is 32.0 Å². The Bertz CT molecular complexity index is 1300. The topological polar surface area (TPSA) is 181 Å². The molecule has 232 valence electrons. The predicted octanol–water partition coefficient (Wildman–Crippen LogP) is 1.90. The van der Waals surface area contributed by atoms with Crippen LogP contribution in [-0.4, -0.2) is 88.9 Å². The Kier molecular flexibility index (Phi) is 13.1. The molecule has 3 rings (SSSR count). The number of pyridine rings is 1. The van der Waals surface area contributed by atoms with Crippen LogP contribution in [0.4, 0.5) is 10.6 Å². The zero-order valence-electron chi connectivity index (χ0n) is 25.0. The first-order valence-corrected chi connectivity index (χ1v) is 14.2. The fourth-order valence-corrected chi connectivity index (χ4v) is 3.88. The largest absolute Gasteiger partial charge is 0.444 e. The highest BCUT2D eigenvalue weighted by Crippen LogP contribution is 2.15. The van der Waals surface area contributed by atoms with E-state index in [0.717, 1.165) is 24.2 Å². The molecular formula is C28H44N8O6. The summed E-state index contributed by atoms with van der Waals surface area (Å²) in [5, 5.41) is 6.05. The molecule has 0 spiro atoms.